The van der Waals surface area contributed by atoms with E-state index in [2.05, 4.69) is 0 Å². The fourth-order valence-electron chi connectivity index (χ4n) is 2.59. The molecule has 0 aliphatic carbocycles. The summed E-state index contributed by atoms with van der Waals surface area (Å²) in [6.45, 7) is 2.54. The number of carbonyl (C=O) groups is 3. The van der Waals surface area contributed by atoms with Gasteiger partial charge in [-0.1, -0.05) is 18.2 Å². The van der Waals surface area contributed by atoms with Gasteiger partial charge in [0, 0.05) is 19.9 Å². The van der Waals surface area contributed by atoms with E-state index in [9.17, 15) is 14.4 Å². The van der Waals surface area contributed by atoms with E-state index in [1.807, 2.05) is 6.07 Å². The summed E-state index contributed by atoms with van der Waals surface area (Å²) in [4.78, 5) is 34.4. The van der Waals surface area contributed by atoms with Crippen LogP contribution in [0.2, 0.25) is 0 Å². The number of esters is 3. The van der Waals surface area contributed by atoms with Crippen LogP contribution in [0.1, 0.15) is 25.0 Å². The van der Waals surface area contributed by atoms with E-state index < -0.39 is 17.9 Å². The van der Waals surface area contributed by atoms with Crippen LogP contribution in [0.3, 0.4) is 0 Å². The summed E-state index contributed by atoms with van der Waals surface area (Å²) in [7, 11) is 3.12. The molecule has 0 fully saturated rings. The Bertz CT molecular complexity index is 1040. The second-order valence-electron chi connectivity index (χ2n) is 6.37. The van der Waals surface area contributed by atoms with Crippen molar-refractivity contribution < 1.29 is 38.1 Å². The molecule has 0 saturated heterocycles. The van der Waals surface area contributed by atoms with Gasteiger partial charge in [0.05, 0.1) is 14.2 Å². The van der Waals surface area contributed by atoms with Crippen molar-refractivity contribution in [2.24, 2.45) is 0 Å². The highest BCUT2D eigenvalue weighted by Crippen LogP contribution is 2.29. The molecule has 2 aromatic rings. The molecule has 8 nitrogen and oxygen atoms in total. The molecule has 0 amide bonds. The zero-order valence-corrected chi connectivity index (χ0v) is 18.2. The third kappa shape index (κ3) is 7.64. The van der Waals surface area contributed by atoms with Crippen LogP contribution in [0, 0.1) is 0 Å². The van der Waals surface area contributed by atoms with Gasteiger partial charge in [-0.05, 0) is 47.5 Å². The molecule has 8 heteroatoms. The lowest BCUT2D eigenvalue weighted by Gasteiger charge is -2.09. The Labute approximate surface area is 186 Å². The summed E-state index contributed by atoms with van der Waals surface area (Å²) in [6, 6.07) is 9.98. The van der Waals surface area contributed by atoms with Crippen molar-refractivity contribution >= 4 is 30.1 Å². The van der Waals surface area contributed by atoms with Gasteiger partial charge in [-0.3, -0.25) is 9.59 Å². The summed E-state index contributed by atoms with van der Waals surface area (Å²) in [5.74, 6) is -0.276. The summed E-state index contributed by atoms with van der Waals surface area (Å²) >= 11 is 0. The molecule has 0 atom stereocenters. The van der Waals surface area contributed by atoms with Crippen molar-refractivity contribution in [1.82, 2.24) is 0 Å². The molecule has 0 radical (unpaired) electrons. The minimum Gasteiger partial charge on any atom is -0.493 e. The minimum atomic E-state index is -0.569. The third-order valence-electron chi connectivity index (χ3n) is 3.93. The van der Waals surface area contributed by atoms with Crippen LogP contribution in [0.4, 0.5) is 0 Å². The molecule has 32 heavy (non-hydrogen) atoms. The first-order valence-electron chi connectivity index (χ1n) is 9.56. The zero-order chi connectivity index (χ0) is 23.5. The number of hydrogen-bond donors (Lipinski definition) is 0. The van der Waals surface area contributed by atoms with Crippen LogP contribution in [-0.4, -0.2) is 38.7 Å². The quantitative estimate of drug-likeness (QED) is 0.330. The van der Waals surface area contributed by atoms with Crippen LogP contribution in [0.15, 0.2) is 48.6 Å². The van der Waals surface area contributed by atoms with Gasteiger partial charge in [-0.2, -0.15) is 0 Å². The Morgan fingerprint density at radius 1 is 0.750 bits per heavy atom. The van der Waals surface area contributed by atoms with Gasteiger partial charge in [-0.15, -0.1) is 0 Å². The SMILES string of the molecule is COc1ccc(/C=C/COC(=O)/C=C/c2ccc(OC(C)=O)c(OC(C)=O)c2)cc1OC. The molecule has 0 aliphatic heterocycles. The van der Waals surface area contributed by atoms with Crippen molar-refractivity contribution in [3.8, 4) is 23.0 Å². The average Bonchev–Trinajstić information content (AvgIpc) is 2.76. The maximum absolute atomic E-state index is 12.0. The molecule has 0 bridgehead atoms. The molecule has 168 valence electrons. The van der Waals surface area contributed by atoms with Crippen molar-refractivity contribution in [2.45, 2.75) is 13.8 Å². The predicted molar refractivity (Wildman–Crippen MR) is 118 cm³/mol. The summed E-state index contributed by atoms with van der Waals surface area (Å²) in [5.41, 5.74) is 1.41. The number of carbonyl (C=O) groups excluding carboxylic acids is 3. The summed E-state index contributed by atoms with van der Waals surface area (Å²) in [5, 5.41) is 0. The van der Waals surface area contributed by atoms with Gasteiger partial charge in [-0.25, -0.2) is 4.79 Å². The van der Waals surface area contributed by atoms with E-state index in [4.69, 9.17) is 23.7 Å². The number of methoxy groups -OCH3 is 2. The Balaban J connectivity index is 1.96. The lowest BCUT2D eigenvalue weighted by Crippen LogP contribution is -2.07. The molecule has 0 unspecified atom stereocenters. The standard InChI is InChI=1S/C24H24O8/c1-16(25)31-21-11-8-19(15-23(21)32-17(2)26)9-12-24(27)30-13-5-6-18-7-10-20(28-3)22(14-18)29-4/h5-12,14-15H,13H2,1-4H3/b6-5+,12-9+. The fraction of sp³-hybridized carbons (Fsp3) is 0.208. The smallest absolute Gasteiger partial charge is 0.331 e. The molecular weight excluding hydrogens is 416 g/mol. The van der Waals surface area contributed by atoms with Gasteiger partial charge < -0.3 is 23.7 Å². The van der Waals surface area contributed by atoms with E-state index in [0.717, 1.165) is 5.56 Å². The van der Waals surface area contributed by atoms with Crippen LogP contribution in [-0.2, 0) is 19.1 Å². The molecule has 0 N–H and O–H groups in total. The van der Waals surface area contributed by atoms with E-state index in [1.54, 1.807) is 44.6 Å². The number of ether oxygens (including phenoxy) is 5. The second-order valence-corrected chi connectivity index (χ2v) is 6.37. The molecule has 0 heterocycles. The number of benzene rings is 2. The largest absolute Gasteiger partial charge is 0.493 e. The second kappa shape index (κ2) is 11.9. The first kappa shape index (κ1) is 24.2. The third-order valence-corrected chi connectivity index (χ3v) is 3.93. The average molecular weight is 440 g/mol. The molecular formula is C24H24O8. The first-order chi connectivity index (χ1) is 15.3. The van der Waals surface area contributed by atoms with Gasteiger partial charge in [0.1, 0.15) is 6.61 Å². The van der Waals surface area contributed by atoms with E-state index in [1.165, 1.54) is 38.1 Å². The fourth-order valence-corrected chi connectivity index (χ4v) is 2.59. The Hall–Kier alpha value is -4.07. The summed E-state index contributed by atoms with van der Waals surface area (Å²) in [6.07, 6.45) is 6.21. The topological polar surface area (TPSA) is 97.4 Å². The van der Waals surface area contributed by atoms with Crippen molar-refractivity contribution in [3.63, 3.8) is 0 Å². The maximum Gasteiger partial charge on any atom is 0.331 e. The van der Waals surface area contributed by atoms with Gasteiger partial charge in [0.2, 0.25) is 0 Å². The minimum absolute atomic E-state index is 0.0704. The normalized spacial score (nSPS) is 10.8. The highest BCUT2D eigenvalue weighted by molar-refractivity contribution is 5.87. The zero-order valence-electron chi connectivity index (χ0n) is 18.2. The lowest BCUT2D eigenvalue weighted by molar-refractivity contribution is -0.136. The van der Waals surface area contributed by atoms with E-state index >= 15 is 0 Å². The van der Waals surface area contributed by atoms with E-state index in [-0.39, 0.29) is 18.1 Å². The molecule has 0 aliphatic rings. The highest BCUT2D eigenvalue weighted by Gasteiger charge is 2.10. The van der Waals surface area contributed by atoms with Gasteiger partial charge >= 0.3 is 17.9 Å². The molecule has 0 saturated carbocycles. The maximum atomic E-state index is 12.0. The van der Waals surface area contributed by atoms with Crippen LogP contribution in [0.5, 0.6) is 23.0 Å². The monoisotopic (exact) mass is 440 g/mol. The number of hydrogen-bond acceptors (Lipinski definition) is 8. The Morgan fingerprint density at radius 3 is 1.94 bits per heavy atom. The van der Waals surface area contributed by atoms with Gasteiger partial charge in [0.25, 0.3) is 0 Å². The molecule has 0 spiro atoms. The van der Waals surface area contributed by atoms with Crippen molar-refractivity contribution in [1.29, 1.82) is 0 Å². The van der Waals surface area contributed by atoms with Crippen LogP contribution in [0.25, 0.3) is 12.2 Å². The van der Waals surface area contributed by atoms with Crippen LogP contribution < -0.4 is 18.9 Å². The Morgan fingerprint density at radius 2 is 1.31 bits per heavy atom. The van der Waals surface area contributed by atoms with Crippen LogP contribution >= 0.6 is 0 Å². The predicted octanol–water partition coefficient (Wildman–Crippen LogP) is 3.82. The Kier molecular flexibility index (Phi) is 9.04. The van der Waals surface area contributed by atoms with Gasteiger partial charge in [0.15, 0.2) is 23.0 Å². The summed E-state index contributed by atoms with van der Waals surface area (Å²) < 4.78 is 25.6. The lowest BCUT2D eigenvalue weighted by atomic mass is 10.2. The molecule has 0 aromatic heterocycles. The van der Waals surface area contributed by atoms with E-state index in [0.29, 0.717) is 17.1 Å². The van der Waals surface area contributed by atoms with Crippen molar-refractivity contribution in [3.05, 3.63) is 59.7 Å². The van der Waals surface area contributed by atoms with Crippen molar-refractivity contribution in [2.75, 3.05) is 20.8 Å². The first-order valence-corrected chi connectivity index (χ1v) is 9.56. The molecule has 2 rings (SSSR count). The molecule has 2 aromatic carbocycles. The highest BCUT2D eigenvalue weighted by atomic mass is 16.6. The number of rotatable bonds is 9.